The Morgan fingerprint density at radius 1 is 1.22 bits per heavy atom. The van der Waals surface area contributed by atoms with Gasteiger partial charge in [0.05, 0.1) is 12.8 Å². The van der Waals surface area contributed by atoms with Gasteiger partial charge in [-0.3, -0.25) is 4.79 Å². The molecule has 94 valence electrons. The molecule has 0 aliphatic carbocycles. The summed E-state index contributed by atoms with van der Waals surface area (Å²) in [5.74, 6) is 1.32. The molecule has 1 aromatic heterocycles. The van der Waals surface area contributed by atoms with Gasteiger partial charge in [0.2, 0.25) is 0 Å². The van der Waals surface area contributed by atoms with Gasteiger partial charge in [-0.05, 0) is 32.9 Å². The number of hydrogen-bond donors (Lipinski definition) is 1. The Bertz CT molecular complexity index is 645. The Hall–Kier alpha value is -2.10. The average molecular weight is 244 g/mol. The van der Waals surface area contributed by atoms with Crippen molar-refractivity contribution < 1.29 is 4.74 Å². The fourth-order valence-electron chi connectivity index (χ4n) is 1.91. The third-order valence-corrected chi connectivity index (χ3v) is 2.88. The lowest BCUT2D eigenvalue weighted by Gasteiger charge is -2.11. The van der Waals surface area contributed by atoms with Gasteiger partial charge in [0.15, 0.2) is 0 Å². The summed E-state index contributed by atoms with van der Waals surface area (Å²) in [6.07, 6.45) is 0. The molecule has 2 rings (SSSR count). The van der Waals surface area contributed by atoms with Crippen LogP contribution in [0.2, 0.25) is 0 Å². The van der Waals surface area contributed by atoms with Crippen LogP contribution in [0.1, 0.15) is 17.0 Å². The summed E-state index contributed by atoms with van der Waals surface area (Å²) in [5.41, 5.74) is 3.12. The molecule has 1 aromatic carbocycles. The van der Waals surface area contributed by atoms with Crippen LogP contribution in [0.15, 0.2) is 23.0 Å². The molecule has 18 heavy (non-hydrogen) atoms. The van der Waals surface area contributed by atoms with Gasteiger partial charge in [-0.25, -0.2) is 4.98 Å². The van der Waals surface area contributed by atoms with Crippen LogP contribution in [0.3, 0.4) is 0 Å². The van der Waals surface area contributed by atoms with Gasteiger partial charge in [0, 0.05) is 11.1 Å². The Kier molecular flexibility index (Phi) is 3.19. The maximum atomic E-state index is 11.8. The average Bonchev–Trinajstić information content (AvgIpc) is 2.33. The van der Waals surface area contributed by atoms with Crippen LogP contribution in [-0.2, 0) is 0 Å². The monoisotopic (exact) mass is 244 g/mol. The SMILES string of the molecule is COc1ccc(C)cc1-c1nc(C)[nH]c(=O)c1C. The molecule has 2 aromatic rings. The van der Waals surface area contributed by atoms with Crippen molar-refractivity contribution in [3.8, 4) is 17.0 Å². The molecular weight excluding hydrogens is 228 g/mol. The van der Waals surface area contributed by atoms with Gasteiger partial charge in [-0.1, -0.05) is 11.6 Å². The molecule has 0 saturated carbocycles. The van der Waals surface area contributed by atoms with Crippen LogP contribution in [-0.4, -0.2) is 17.1 Å². The minimum Gasteiger partial charge on any atom is -0.496 e. The van der Waals surface area contributed by atoms with E-state index in [1.807, 2.05) is 25.1 Å². The summed E-state index contributed by atoms with van der Waals surface area (Å²) in [7, 11) is 1.61. The molecule has 4 heteroatoms. The smallest absolute Gasteiger partial charge is 0.254 e. The summed E-state index contributed by atoms with van der Waals surface area (Å²) >= 11 is 0. The second-order valence-electron chi connectivity index (χ2n) is 4.33. The van der Waals surface area contributed by atoms with E-state index in [2.05, 4.69) is 9.97 Å². The summed E-state index contributed by atoms with van der Waals surface area (Å²) in [4.78, 5) is 18.9. The Morgan fingerprint density at radius 2 is 1.94 bits per heavy atom. The van der Waals surface area contributed by atoms with Crippen molar-refractivity contribution in [3.05, 3.63) is 45.5 Å². The first-order valence-corrected chi connectivity index (χ1v) is 5.75. The predicted octanol–water partition coefficient (Wildman–Crippen LogP) is 2.37. The van der Waals surface area contributed by atoms with Crippen molar-refractivity contribution in [2.24, 2.45) is 0 Å². The summed E-state index contributed by atoms with van der Waals surface area (Å²) in [6, 6.07) is 5.84. The Balaban J connectivity index is 2.76. The number of aromatic amines is 1. The molecule has 0 atom stereocenters. The molecule has 1 N–H and O–H groups in total. The maximum Gasteiger partial charge on any atom is 0.254 e. The topological polar surface area (TPSA) is 55.0 Å². The fraction of sp³-hybridized carbons (Fsp3) is 0.286. The van der Waals surface area contributed by atoms with Gasteiger partial charge in [0.25, 0.3) is 5.56 Å². The fourth-order valence-corrected chi connectivity index (χ4v) is 1.91. The van der Waals surface area contributed by atoms with E-state index in [0.717, 1.165) is 16.9 Å². The van der Waals surface area contributed by atoms with E-state index in [1.54, 1.807) is 21.0 Å². The minimum absolute atomic E-state index is 0.110. The normalized spacial score (nSPS) is 10.4. The first-order valence-electron chi connectivity index (χ1n) is 5.75. The number of rotatable bonds is 2. The van der Waals surface area contributed by atoms with E-state index in [4.69, 9.17) is 4.74 Å². The zero-order valence-corrected chi connectivity index (χ0v) is 11.0. The number of nitrogens with zero attached hydrogens (tertiary/aromatic N) is 1. The standard InChI is InChI=1S/C14H16N2O2/c1-8-5-6-12(18-4)11(7-8)13-9(2)14(17)16-10(3)15-13/h5-7H,1-4H3,(H,15,16,17). The number of hydrogen-bond acceptors (Lipinski definition) is 3. The van der Waals surface area contributed by atoms with Crippen LogP contribution < -0.4 is 10.3 Å². The van der Waals surface area contributed by atoms with Crippen LogP contribution in [0.25, 0.3) is 11.3 Å². The highest BCUT2D eigenvalue weighted by atomic mass is 16.5. The molecule has 0 radical (unpaired) electrons. The van der Waals surface area contributed by atoms with Crippen molar-refractivity contribution in [3.63, 3.8) is 0 Å². The highest BCUT2D eigenvalue weighted by Crippen LogP contribution is 2.30. The summed E-state index contributed by atoms with van der Waals surface area (Å²) in [5, 5.41) is 0. The molecule has 0 saturated heterocycles. The highest BCUT2D eigenvalue weighted by Gasteiger charge is 2.13. The molecule has 0 unspecified atom stereocenters. The molecule has 1 heterocycles. The first-order chi connectivity index (χ1) is 8.52. The largest absolute Gasteiger partial charge is 0.496 e. The minimum atomic E-state index is -0.110. The van der Waals surface area contributed by atoms with Gasteiger partial charge in [-0.15, -0.1) is 0 Å². The lowest BCUT2D eigenvalue weighted by Crippen LogP contribution is -2.14. The van der Waals surface area contributed by atoms with E-state index in [1.165, 1.54) is 0 Å². The van der Waals surface area contributed by atoms with Crippen molar-refractivity contribution in [1.29, 1.82) is 0 Å². The van der Waals surface area contributed by atoms with Crippen molar-refractivity contribution >= 4 is 0 Å². The second-order valence-corrected chi connectivity index (χ2v) is 4.33. The number of methoxy groups -OCH3 is 1. The van der Waals surface area contributed by atoms with Gasteiger partial charge in [-0.2, -0.15) is 0 Å². The third-order valence-electron chi connectivity index (χ3n) is 2.88. The molecule has 0 aliphatic heterocycles. The summed E-state index contributed by atoms with van der Waals surface area (Å²) in [6.45, 7) is 5.54. The highest BCUT2D eigenvalue weighted by molar-refractivity contribution is 5.70. The van der Waals surface area contributed by atoms with Crippen molar-refractivity contribution in [1.82, 2.24) is 9.97 Å². The Morgan fingerprint density at radius 3 is 2.61 bits per heavy atom. The predicted molar refractivity (Wildman–Crippen MR) is 71.1 cm³/mol. The number of H-pyrrole nitrogens is 1. The second kappa shape index (κ2) is 4.64. The van der Waals surface area contributed by atoms with Gasteiger partial charge >= 0.3 is 0 Å². The van der Waals surface area contributed by atoms with Crippen LogP contribution >= 0.6 is 0 Å². The quantitative estimate of drug-likeness (QED) is 0.882. The molecule has 0 bridgehead atoms. The third kappa shape index (κ3) is 2.14. The molecule has 0 fully saturated rings. The number of benzene rings is 1. The van der Waals surface area contributed by atoms with E-state index in [0.29, 0.717) is 17.1 Å². The van der Waals surface area contributed by atoms with Crippen molar-refractivity contribution in [2.75, 3.05) is 7.11 Å². The van der Waals surface area contributed by atoms with Gasteiger partial charge < -0.3 is 9.72 Å². The molecule has 0 aliphatic rings. The van der Waals surface area contributed by atoms with E-state index in [-0.39, 0.29) is 5.56 Å². The zero-order chi connectivity index (χ0) is 13.3. The van der Waals surface area contributed by atoms with E-state index >= 15 is 0 Å². The lowest BCUT2D eigenvalue weighted by molar-refractivity contribution is 0.416. The van der Waals surface area contributed by atoms with Crippen LogP contribution in [0.5, 0.6) is 5.75 Å². The van der Waals surface area contributed by atoms with E-state index in [9.17, 15) is 4.79 Å². The number of aromatic nitrogens is 2. The molecule has 0 spiro atoms. The van der Waals surface area contributed by atoms with E-state index < -0.39 is 0 Å². The number of ether oxygens (including phenoxy) is 1. The van der Waals surface area contributed by atoms with Gasteiger partial charge in [0.1, 0.15) is 11.6 Å². The van der Waals surface area contributed by atoms with Crippen LogP contribution in [0, 0.1) is 20.8 Å². The van der Waals surface area contributed by atoms with Crippen molar-refractivity contribution in [2.45, 2.75) is 20.8 Å². The molecule has 4 nitrogen and oxygen atoms in total. The number of aryl methyl sites for hydroxylation is 2. The Labute approximate surface area is 106 Å². The lowest BCUT2D eigenvalue weighted by atomic mass is 10.0. The summed E-state index contributed by atoms with van der Waals surface area (Å²) < 4.78 is 5.34. The molecule has 0 amide bonds. The van der Waals surface area contributed by atoms with Crippen LogP contribution in [0.4, 0.5) is 0 Å². The first kappa shape index (κ1) is 12.4. The zero-order valence-electron chi connectivity index (χ0n) is 11.0. The number of nitrogens with one attached hydrogen (secondary N) is 1. The maximum absolute atomic E-state index is 11.8. The molecular formula is C14H16N2O2.